The first-order valence-electron chi connectivity index (χ1n) is 8.33. The van der Waals surface area contributed by atoms with Gasteiger partial charge in [-0.3, -0.25) is 4.98 Å². The van der Waals surface area contributed by atoms with Gasteiger partial charge in [-0.15, -0.1) is 0 Å². The summed E-state index contributed by atoms with van der Waals surface area (Å²) < 4.78 is 10.7. The molecule has 9 nitrogen and oxygen atoms in total. The molecule has 5 atom stereocenters. The number of hydrogen-bond acceptors (Lipinski definition) is 7. The van der Waals surface area contributed by atoms with Crippen LogP contribution in [0.5, 0.6) is 5.75 Å². The zero-order valence-corrected chi connectivity index (χ0v) is 14.2. The number of H-pyrrole nitrogens is 1. The lowest BCUT2D eigenvalue weighted by molar-refractivity contribution is -0.271. The Morgan fingerprint density at radius 1 is 1.15 bits per heavy atom. The van der Waals surface area contributed by atoms with Gasteiger partial charge in [0, 0.05) is 23.0 Å². The zero-order chi connectivity index (χ0) is 19.3. The van der Waals surface area contributed by atoms with Gasteiger partial charge in [0.05, 0.1) is 16.7 Å². The zero-order valence-electron chi connectivity index (χ0n) is 14.2. The second kappa shape index (κ2) is 6.46. The van der Waals surface area contributed by atoms with Crippen molar-refractivity contribution in [2.75, 3.05) is 0 Å². The van der Waals surface area contributed by atoms with E-state index in [1.807, 2.05) is 19.1 Å². The Labute approximate surface area is 152 Å². The lowest BCUT2D eigenvalue weighted by Crippen LogP contribution is -2.61. The fourth-order valence-corrected chi connectivity index (χ4v) is 3.30. The number of aromatic nitrogens is 2. The number of aliphatic hydroxyl groups excluding tert-OH is 3. The first-order valence-corrected chi connectivity index (χ1v) is 8.33. The van der Waals surface area contributed by atoms with Crippen molar-refractivity contribution in [2.45, 2.75) is 37.6 Å². The highest BCUT2D eigenvalue weighted by Gasteiger charge is 2.48. The summed E-state index contributed by atoms with van der Waals surface area (Å²) in [5, 5.41) is 40.7. The predicted molar refractivity (Wildman–Crippen MR) is 93.3 cm³/mol. The van der Waals surface area contributed by atoms with Crippen molar-refractivity contribution in [1.29, 1.82) is 0 Å². The number of carboxylic acid groups (broad SMARTS) is 1. The summed E-state index contributed by atoms with van der Waals surface area (Å²) >= 11 is 0. The summed E-state index contributed by atoms with van der Waals surface area (Å²) in [5.41, 5.74) is 2.50. The number of pyridine rings is 1. The Morgan fingerprint density at radius 2 is 1.93 bits per heavy atom. The molecular weight excluding hydrogens is 356 g/mol. The summed E-state index contributed by atoms with van der Waals surface area (Å²) in [6.45, 7) is 1.89. The van der Waals surface area contributed by atoms with E-state index < -0.39 is 36.7 Å². The highest BCUT2D eigenvalue weighted by molar-refractivity contribution is 6.08. The quantitative estimate of drug-likeness (QED) is 0.440. The molecule has 5 N–H and O–H groups in total. The van der Waals surface area contributed by atoms with Crippen molar-refractivity contribution < 1.29 is 34.7 Å². The standard InChI is InChI=1S/C18H18N2O7/c1-7-12-10(4-5-19-7)9-3-2-8(6-11(9)20-12)26-18-15(23)13(21)14(22)16(27-18)17(24)25/h2-6,13-16,18,20-23H,1H3,(H,24,25)/t13-,14-,15+,16-,18?/m0/s1. The predicted octanol–water partition coefficient (Wildman–Crippen LogP) is 0.296. The summed E-state index contributed by atoms with van der Waals surface area (Å²) in [6.07, 6.45) is -6.52. The Balaban J connectivity index is 1.65. The maximum Gasteiger partial charge on any atom is 0.335 e. The van der Waals surface area contributed by atoms with Gasteiger partial charge in [-0.2, -0.15) is 0 Å². The van der Waals surface area contributed by atoms with E-state index in [9.17, 15) is 20.1 Å². The minimum atomic E-state index is -1.76. The Morgan fingerprint density at radius 3 is 2.67 bits per heavy atom. The van der Waals surface area contributed by atoms with E-state index in [1.165, 1.54) is 0 Å². The highest BCUT2D eigenvalue weighted by atomic mass is 16.7. The van der Waals surface area contributed by atoms with Crippen LogP contribution in [0, 0.1) is 6.92 Å². The van der Waals surface area contributed by atoms with Crippen molar-refractivity contribution in [3.63, 3.8) is 0 Å². The fraction of sp³-hybridized carbons (Fsp3) is 0.333. The molecule has 27 heavy (non-hydrogen) atoms. The average molecular weight is 374 g/mol. The molecule has 1 aromatic carbocycles. The smallest absolute Gasteiger partial charge is 0.335 e. The maximum absolute atomic E-state index is 11.2. The second-order valence-corrected chi connectivity index (χ2v) is 6.50. The number of carboxylic acids is 1. The molecule has 2 aromatic heterocycles. The second-order valence-electron chi connectivity index (χ2n) is 6.50. The van der Waals surface area contributed by atoms with Gasteiger partial charge in [-0.05, 0) is 25.1 Å². The van der Waals surface area contributed by atoms with Gasteiger partial charge < -0.3 is 34.9 Å². The van der Waals surface area contributed by atoms with Crippen LogP contribution in [0.25, 0.3) is 21.8 Å². The summed E-state index contributed by atoms with van der Waals surface area (Å²) in [7, 11) is 0. The summed E-state index contributed by atoms with van der Waals surface area (Å²) in [6, 6.07) is 7.04. The number of aryl methyl sites for hydroxylation is 1. The number of rotatable bonds is 3. The average Bonchev–Trinajstić information content (AvgIpc) is 3.01. The Kier molecular flexibility index (Phi) is 4.23. The lowest BCUT2D eigenvalue weighted by atomic mass is 9.99. The number of aromatic amines is 1. The van der Waals surface area contributed by atoms with Crippen molar-refractivity contribution in [1.82, 2.24) is 9.97 Å². The van der Waals surface area contributed by atoms with E-state index >= 15 is 0 Å². The fourth-order valence-electron chi connectivity index (χ4n) is 3.30. The SMILES string of the molecule is Cc1nccc2c1[nH]c1cc(OC3O[C@H](C(=O)O)[C@@H](O)[C@H](O)[C@H]3O)ccc12. The lowest BCUT2D eigenvalue weighted by Gasteiger charge is -2.38. The molecule has 1 aliphatic rings. The topological polar surface area (TPSA) is 145 Å². The molecule has 4 rings (SSSR count). The number of nitrogens with zero attached hydrogens (tertiary/aromatic N) is 1. The first kappa shape index (κ1) is 17.7. The largest absolute Gasteiger partial charge is 0.479 e. The van der Waals surface area contributed by atoms with Crippen LogP contribution in [-0.2, 0) is 9.53 Å². The van der Waals surface area contributed by atoms with Gasteiger partial charge >= 0.3 is 5.97 Å². The molecule has 3 aromatic rings. The van der Waals surface area contributed by atoms with Crippen LogP contribution in [0.4, 0.5) is 0 Å². The van der Waals surface area contributed by atoms with E-state index in [4.69, 9.17) is 14.6 Å². The van der Waals surface area contributed by atoms with Crippen LogP contribution in [-0.4, -0.2) is 67.1 Å². The molecule has 0 saturated carbocycles. The minimum Gasteiger partial charge on any atom is -0.479 e. The van der Waals surface area contributed by atoms with E-state index in [0.29, 0.717) is 5.75 Å². The monoisotopic (exact) mass is 374 g/mol. The molecular formula is C18H18N2O7. The number of ether oxygens (including phenoxy) is 2. The molecule has 1 fully saturated rings. The molecule has 0 aliphatic carbocycles. The van der Waals surface area contributed by atoms with Gasteiger partial charge in [0.25, 0.3) is 0 Å². The van der Waals surface area contributed by atoms with Crippen LogP contribution in [0.3, 0.4) is 0 Å². The van der Waals surface area contributed by atoms with Crippen LogP contribution in [0.2, 0.25) is 0 Å². The van der Waals surface area contributed by atoms with Crippen molar-refractivity contribution in [2.24, 2.45) is 0 Å². The number of carbonyl (C=O) groups is 1. The van der Waals surface area contributed by atoms with Crippen LogP contribution >= 0.6 is 0 Å². The molecule has 1 aliphatic heterocycles. The van der Waals surface area contributed by atoms with Crippen molar-refractivity contribution >= 4 is 27.8 Å². The minimum absolute atomic E-state index is 0.302. The Bertz CT molecular complexity index is 1020. The molecule has 0 amide bonds. The summed E-state index contributed by atoms with van der Waals surface area (Å²) in [4.78, 5) is 18.7. The molecule has 3 heterocycles. The molecule has 1 unspecified atom stereocenters. The number of aliphatic carboxylic acids is 1. The first-order chi connectivity index (χ1) is 12.9. The van der Waals surface area contributed by atoms with Gasteiger partial charge in [0.2, 0.25) is 6.29 Å². The molecule has 0 bridgehead atoms. The van der Waals surface area contributed by atoms with E-state index in [2.05, 4.69) is 9.97 Å². The number of nitrogens with one attached hydrogen (secondary N) is 1. The molecule has 9 heteroatoms. The summed E-state index contributed by atoms with van der Waals surface area (Å²) in [5.74, 6) is -1.16. The van der Waals surface area contributed by atoms with E-state index in [-0.39, 0.29) is 0 Å². The maximum atomic E-state index is 11.2. The third-order valence-corrected chi connectivity index (χ3v) is 4.75. The highest BCUT2D eigenvalue weighted by Crippen LogP contribution is 2.31. The molecule has 0 spiro atoms. The number of hydrogen-bond donors (Lipinski definition) is 5. The van der Waals surface area contributed by atoms with Crippen molar-refractivity contribution in [3.8, 4) is 5.75 Å². The molecule has 0 radical (unpaired) electrons. The van der Waals surface area contributed by atoms with Crippen molar-refractivity contribution in [3.05, 3.63) is 36.2 Å². The van der Waals surface area contributed by atoms with Gasteiger partial charge in [-0.1, -0.05) is 0 Å². The van der Waals surface area contributed by atoms with Crippen LogP contribution in [0.15, 0.2) is 30.5 Å². The number of benzene rings is 1. The van der Waals surface area contributed by atoms with Crippen LogP contribution < -0.4 is 4.74 Å². The van der Waals surface area contributed by atoms with Gasteiger partial charge in [0.1, 0.15) is 24.1 Å². The van der Waals surface area contributed by atoms with Crippen LogP contribution in [0.1, 0.15) is 5.69 Å². The van der Waals surface area contributed by atoms with E-state index in [1.54, 1.807) is 18.3 Å². The molecule has 142 valence electrons. The third kappa shape index (κ3) is 2.90. The number of aliphatic hydroxyl groups is 3. The third-order valence-electron chi connectivity index (χ3n) is 4.75. The Hall–Kier alpha value is -2.72. The molecule has 1 saturated heterocycles. The van der Waals surface area contributed by atoms with Gasteiger partial charge in [-0.25, -0.2) is 4.79 Å². The number of fused-ring (bicyclic) bond motifs is 3. The normalized spacial score (nSPS) is 28.5. The van der Waals surface area contributed by atoms with E-state index in [0.717, 1.165) is 27.5 Å². The van der Waals surface area contributed by atoms with Gasteiger partial charge in [0.15, 0.2) is 6.10 Å².